The smallest absolute Gasteiger partial charge is 0.255 e. The zero-order valence-corrected chi connectivity index (χ0v) is 15.1. The maximum atomic E-state index is 12.7. The van der Waals surface area contributed by atoms with E-state index in [1.54, 1.807) is 25.3 Å². The third kappa shape index (κ3) is 4.01. The number of carbonyl (C=O) groups excluding carboxylic acids is 1. The van der Waals surface area contributed by atoms with Crippen molar-refractivity contribution in [2.24, 2.45) is 0 Å². The standard InChI is InChI=1S/C19H22ClNO3/c1-5-16(13-6-8-17(23-3)12(2)10-13)21-19(22)15-11-14(20)7-9-18(15)24-4/h6-11,16H,5H2,1-4H3,(H,21,22). The first kappa shape index (κ1) is 18.1. The van der Waals surface area contributed by atoms with Crippen LogP contribution < -0.4 is 14.8 Å². The van der Waals surface area contributed by atoms with Crippen LogP contribution in [0.2, 0.25) is 5.02 Å². The SMILES string of the molecule is CCC(NC(=O)c1cc(Cl)ccc1OC)c1ccc(OC)c(C)c1. The van der Waals surface area contributed by atoms with Crippen LogP contribution in [0.1, 0.15) is 40.9 Å². The number of rotatable bonds is 6. The fourth-order valence-electron chi connectivity index (χ4n) is 2.63. The summed E-state index contributed by atoms with van der Waals surface area (Å²) < 4.78 is 10.5. The molecule has 0 saturated heterocycles. The van der Waals surface area contributed by atoms with Crippen LogP contribution in [0, 0.1) is 6.92 Å². The fourth-order valence-corrected chi connectivity index (χ4v) is 2.81. The van der Waals surface area contributed by atoms with E-state index in [1.807, 2.05) is 32.0 Å². The maximum Gasteiger partial charge on any atom is 0.255 e. The molecule has 0 fully saturated rings. The summed E-state index contributed by atoms with van der Waals surface area (Å²) in [6.07, 6.45) is 0.764. The molecule has 1 N–H and O–H groups in total. The lowest BCUT2D eigenvalue weighted by molar-refractivity contribution is 0.0932. The van der Waals surface area contributed by atoms with Crippen LogP contribution in [0.5, 0.6) is 11.5 Å². The molecule has 2 rings (SSSR count). The van der Waals surface area contributed by atoms with Crippen LogP contribution in [-0.2, 0) is 0 Å². The number of hydrogen-bond donors (Lipinski definition) is 1. The summed E-state index contributed by atoms with van der Waals surface area (Å²) in [6.45, 7) is 4.01. The van der Waals surface area contributed by atoms with Gasteiger partial charge in [-0.3, -0.25) is 4.79 Å². The van der Waals surface area contributed by atoms with Crippen LogP contribution in [0.4, 0.5) is 0 Å². The number of nitrogens with one attached hydrogen (secondary N) is 1. The molecule has 0 radical (unpaired) electrons. The number of hydrogen-bond acceptors (Lipinski definition) is 3. The second kappa shape index (κ2) is 8.06. The van der Waals surface area contributed by atoms with Crippen LogP contribution in [0.3, 0.4) is 0 Å². The molecular weight excluding hydrogens is 326 g/mol. The predicted octanol–water partition coefficient (Wildman–Crippen LogP) is 4.55. The van der Waals surface area contributed by atoms with Gasteiger partial charge >= 0.3 is 0 Å². The van der Waals surface area contributed by atoms with E-state index < -0.39 is 0 Å². The lowest BCUT2D eigenvalue weighted by Crippen LogP contribution is -2.28. The van der Waals surface area contributed by atoms with Crippen LogP contribution in [0.25, 0.3) is 0 Å². The molecule has 0 spiro atoms. The quantitative estimate of drug-likeness (QED) is 0.834. The lowest BCUT2D eigenvalue weighted by atomic mass is 10.0. The molecular formula is C19H22ClNO3. The first-order valence-electron chi connectivity index (χ1n) is 7.79. The van der Waals surface area contributed by atoms with E-state index >= 15 is 0 Å². The molecule has 24 heavy (non-hydrogen) atoms. The number of ether oxygens (including phenoxy) is 2. The van der Waals surface area contributed by atoms with Crippen molar-refractivity contribution in [2.75, 3.05) is 14.2 Å². The minimum Gasteiger partial charge on any atom is -0.496 e. The molecule has 0 bridgehead atoms. The zero-order valence-electron chi connectivity index (χ0n) is 14.4. The van der Waals surface area contributed by atoms with Crippen molar-refractivity contribution in [1.82, 2.24) is 5.32 Å². The summed E-state index contributed by atoms with van der Waals surface area (Å²) in [7, 11) is 3.18. The highest BCUT2D eigenvalue weighted by Gasteiger charge is 2.18. The monoisotopic (exact) mass is 347 g/mol. The Morgan fingerprint density at radius 3 is 2.38 bits per heavy atom. The van der Waals surface area contributed by atoms with Crippen LogP contribution >= 0.6 is 11.6 Å². The van der Waals surface area contributed by atoms with E-state index in [0.717, 1.165) is 23.3 Å². The first-order valence-corrected chi connectivity index (χ1v) is 8.16. The number of methoxy groups -OCH3 is 2. The average Bonchev–Trinajstić information content (AvgIpc) is 2.59. The molecule has 1 unspecified atom stereocenters. The lowest BCUT2D eigenvalue weighted by Gasteiger charge is -2.19. The zero-order chi connectivity index (χ0) is 17.7. The Labute approximate surface area is 147 Å². The van der Waals surface area contributed by atoms with Gasteiger partial charge in [-0.1, -0.05) is 30.7 Å². The van der Waals surface area contributed by atoms with Gasteiger partial charge in [-0.05, 0) is 48.7 Å². The highest BCUT2D eigenvalue weighted by atomic mass is 35.5. The Kier molecular flexibility index (Phi) is 6.10. The average molecular weight is 348 g/mol. The second-order valence-electron chi connectivity index (χ2n) is 5.51. The first-order chi connectivity index (χ1) is 11.5. The van der Waals surface area contributed by atoms with E-state index in [0.29, 0.717) is 16.3 Å². The van der Waals surface area contributed by atoms with E-state index in [1.165, 1.54) is 7.11 Å². The Bertz CT molecular complexity index is 731. The van der Waals surface area contributed by atoms with Gasteiger partial charge in [-0.25, -0.2) is 0 Å². The number of aryl methyl sites for hydroxylation is 1. The van der Waals surface area contributed by atoms with Gasteiger partial charge in [0.15, 0.2) is 0 Å². The Morgan fingerprint density at radius 2 is 1.79 bits per heavy atom. The molecule has 1 atom stereocenters. The normalized spacial score (nSPS) is 11.7. The molecule has 1 amide bonds. The fraction of sp³-hybridized carbons (Fsp3) is 0.316. The van der Waals surface area contributed by atoms with Gasteiger partial charge in [0.2, 0.25) is 0 Å². The topological polar surface area (TPSA) is 47.6 Å². The van der Waals surface area contributed by atoms with Crippen molar-refractivity contribution in [1.29, 1.82) is 0 Å². The third-order valence-corrected chi connectivity index (χ3v) is 4.18. The molecule has 5 heteroatoms. The van der Waals surface area contributed by atoms with Crippen molar-refractivity contribution in [3.8, 4) is 11.5 Å². The molecule has 0 aliphatic carbocycles. The minimum absolute atomic E-state index is 0.106. The summed E-state index contributed by atoms with van der Waals surface area (Å²) >= 11 is 6.01. The maximum absolute atomic E-state index is 12.7. The van der Waals surface area contributed by atoms with E-state index in [9.17, 15) is 4.79 Å². The van der Waals surface area contributed by atoms with Gasteiger partial charge in [-0.2, -0.15) is 0 Å². The van der Waals surface area contributed by atoms with E-state index in [-0.39, 0.29) is 11.9 Å². The molecule has 2 aromatic carbocycles. The Morgan fingerprint density at radius 1 is 1.12 bits per heavy atom. The largest absolute Gasteiger partial charge is 0.496 e. The summed E-state index contributed by atoms with van der Waals surface area (Å²) in [4.78, 5) is 12.7. The van der Waals surface area contributed by atoms with Crippen molar-refractivity contribution in [2.45, 2.75) is 26.3 Å². The van der Waals surface area contributed by atoms with Crippen molar-refractivity contribution < 1.29 is 14.3 Å². The number of carbonyl (C=O) groups is 1. The molecule has 0 aromatic heterocycles. The summed E-state index contributed by atoms with van der Waals surface area (Å²) in [5.74, 6) is 1.11. The summed E-state index contributed by atoms with van der Waals surface area (Å²) in [5.41, 5.74) is 2.49. The molecule has 0 aliphatic heterocycles. The van der Waals surface area contributed by atoms with Gasteiger partial charge in [0, 0.05) is 5.02 Å². The molecule has 128 valence electrons. The highest BCUT2D eigenvalue weighted by molar-refractivity contribution is 6.31. The van der Waals surface area contributed by atoms with E-state index in [4.69, 9.17) is 21.1 Å². The molecule has 0 aliphatic rings. The Balaban J connectivity index is 2.25. The van der Waals surface area contributed by atoms with Crippen molar-refractivity contribution in [3.63, 3.8) is 0 Å². The van der Waals surface area contributed by atoms with Gasteiger partial charge in [-0.15, -0.1) is 0 Å². The Hall–Kier alpha value is -2.20. The number of benzene rings is 2. The van der Waals surface area contributed by atoms with Crippen molar-refractivity contribution in [3.05, 3.63) is 58.1 Å². The minimum atomic E-state index is -0.213. The van der Waals surface area contributed by atoms with Gasteiger partial charge in [0.05, 0.1) is 25.8 Å². The van der Waals surface area contributed by atoms with Gasteiger partial charge in [0.25, 0.3) is 5.91 Å². The predicted molar refractivity (Wildman–Crippen MR) is 96.2 cm³/mol. The summed E-state index contributed by atoms with van der Waals surface area (Å²) in [6, 6.07) is 10.8. The molecule has 0 saturated carbocycles. The molecule has 0 heterocycles. The molecule has 4 nitrogen and oxygen atoms in total. The molecule has 2 aromatic rings. The number of halogens is 1. The van der Waals surface area contributed by atoms with Gasteiger partial charge in [0.1, 0.15) is 11.5 Å². The summed E-state index contributed by atoms with van der Waals surface area (Å²) in [5, 5.41) is 3.54. The third-order valence-electron chi connectivity index (χ3n) is 3.94. The highest BCUT2D eigenvalue weighted by Crippen LogP contribution is 2.26. The van der Waals surface area contributed by atoms with Crippen LogP contribution in [0.15, 0.2) is 36.4 Å². The van der Waals surface area contributed by atoms with Crippen molar-refractivity contribution >= 4 is 17.5 Å². The van der Waals surface area contributed by atoms with Crippen LogP contribution in [-0.4, -0.2) is 20.1 Å². The van der Waals surface area contributed by atoms with E-state index in [2.05, 4.69) is 5.32 Å². The van der Waals surface area contributed by atoms with Gasteiger partial charge < -0.3 is 14.8 Å². The second-order valence-corrected chi connectivity index (χ2v) is 5.94. The number of amides is 1.